The van der Waals surface area contributed by atoms with Crippen molar-refractivity contribution in [2.45, 2.75) is 57.5 Å². The van der Waals surface area contributed by atoms with Crippen molar-refractivity contribution in [3.8, 4) is 0 Å². The third-order valence-electron chi connectivity index (χ3n) is 4.90. The molecule has 112 valence electrons. The van der Waals surface area contributed by atoms with Crippen molar-refractivity contribution in [2.24, 2.45) is 5.92 Å². The molecule has 0 atom stereocenters. The van der Waals surface area contributed by atoms with E-state index in [1.54, 1.807) is 0 Å². The standard InChI is InChI=1S/C19H25NO/c1-2-5-15-10-12-19(21,13-11-15)14-17-9-8-16-6-3-4-7-18(16)20-17/h3-4,6-9,15,21H,2,5,10-14H2,1H3. The zero-order chi connectivity index (χ0) is 14.7. The Bertz CT molecular complexity index is 599. The molecule has 0 bridgehead atoms. The van der Waals surface area contributed by atoms with Crippen LogP contribution in [0.5, 0.6) is 0 Å². The Morgan fingerprint density at radius 2 is 1.90 bits per heavy atom. The van der Waals surface area contributed by atoms with Crippen LogP contribution >= 0.6 is 0 Å². The molecule has 0 spiro atoms. The van der Waals surface area contributed by atoms with Gasteiger partial charge >= 0.3 is 0 Å². The molecule has 1 aromatic heterocycles. The molecule has 2 aromatic rings. The zero-order valence-corrected chi connectivity index (χ0v) is 12.9. The summed E-state index contributed by atoms with van der Waals surface area (Å²) in [5, 5.41) is 12.0. The molecule has 0 saturated heterocycles. The molecular weight excluding hydrogens is 258 g/mol. The van der Waals surface area contributed by atoms with Gasteiger partial charge in [-0.1, -0.05) is 44.0 Å². The molecule has 2 heteroatoms. The van der Waals surface area contributed by atoms with Crippen molar-refractivity contribution < 1.29 is 5.11 Å². The van der Waals surface area contributed by atoms with Crippen molar-refractivity contribution >= 4 is 10.9 Å². The number of fused-ring (bicyclic) bond motifs is 1. The Morgan fingerprint density at radius 1 is 1.14 bits per heavy atom. The SMILES string of the molecule is CCCC1CCC(O)(Cc2ccc3ccccc3n2)CC1. The molecule has 0 aliphatic heterocycles. The monoisotopic (exact) mass is 283 g/mol. The molecule has 1 aromatic carbocycles. The summed E-state index contributed by atoms with van der Waals surface area (Å²) in [6.45, 7) is 2.25. The van der Waals surface area contributed by atoms with E-state index in [2.05, 4.69) is 25.1 Å². The van der Waals surface area contributed by atoms with Crippen molar-refractivity contribution in [2.75, 3.05) is 0 Å². The summed E-state index contributed by atoms with van der Waals surface area (Å²) in [5.41, 5.74) is 1.50. The minimum absolute atomic E-state index is 0.542. The highest BCUT2D eigenvalue weighted by molar-refractivity contribution is 5.78. The highest BCUT2D eigenvalue weighted by Gasteiger charge is 2.33. The minimum Gasteiger partial charge on any atom is -0.389 e. The van der Waals surface area contributed by atoms with Gasteiger partial charge in [-0.15, -0.1) is 0 Å². The molecular formula is C19H25NO. The summed E-state index contributed by atoms with van der Waals surface area (Å²) in [6.07, 6.45) is 7.44. The maximum Gasteiger partial charge on any atom is 0.0705 e. The van der Waals surface area contributed by atoms with Gasteiger partial charge in [-0.05, 0) is 43.7 Å². The van der Waals surface area contributed by atoms with Crippen molar-refractivity contribution in [1.29, 1.82) is 0 Å². The largest absolute Gasteiger partial charge is 0.389 e. The lowest BCUT2D eigenvalue weighted by Crippen LogP contribution is -2.36. The van der Waals surface area contributed by atoms with Gasteiger partial charge in [-0.25, -0.2) is 0 Å². The maximum absolute atomic E-state index is 10.8. The summed E-state index contributed by atoms with van der Waals surface area (Å²) < 4.78 is 0. The van der Waals surface area contributed by atoms with Crippen LogP contribution < -0.4 is 0 Å². The van der Waals surface area contributed by atoms with E-state index in [1.807, 2.05) is 18.2 Å². The van der Waals surface area contributed by atoms with E-state index in [9.17, 15) is 5.11 Å². The van der Waals surface area contributed by atoms with Gasteiger partial charge < -0.3 is 5.11 Å². The van der Waals surface area contributed by atoms with Crippen molar-refractivity contribution in [3.05, 3.63) is 42.1 Å². The van der Waals surface area contributed by atoms with Gasteiger partial charge in [-0.2, -0.15) is 0 Å². The second-order valence-electron chi connectivity index (χ2n) is 6.63. The van der Waals surface area contributed by atoms with Crippen LogP contribution in [-0.2, 0) is 6.42 Å². The maximum atomic E-state index is 10.8. The van der Waals surface area contributed by atoms with Crippen LogP contribution in [0.4, 0.5) is 0 Å². The molecule has 2 nitrogen and oxygen atoms in total. The van der Waals surface area contributed by atoms with E-state index in [1.165, 1.54) is 18.2 Å². The fourth-order valence-electron chi connectivity index (χ4n) is 3.63. The summed E-state index contributed by atoms with van der Waals surface area (Å²) in [5.74, 6) is 0.819. The average molecular weight is 283 g/mol. The molecule has 0 radical (unpaired) electrons. The molecule has 1 aliphatic carbocycles. The lowest BCUT2D eigenvalue weighted by molar-refractivity contribution is -0.0106. The van der Waals surface area contributed by atoms with Crippen LogP contribution in [0.1, 0.15) is 51.1 Å². The Balaban J connectivity index is 1.70. The predicted molar refractivity (Wildman–Crippen MR) is 87.3 cm³/mol. The first-order valence-electron chi connectivity index (χ1n) is 8.25. The Hall–Kier alpha value is -1.41. The number of nitrogens with zero attached hydrogens (tertiary/aromatic N) is 1. The zero-order valence-electron chi connectivity index (χ0n) is 12.9. The van der Waals surface area contributed by atoms with Gasteiger partial charge in [0.15, 0.2) is 0 Å². The molecule has 1 N–H and O–H groups in total. The first kappa shape index (κ1) is 14.5. The predicted octanol–water partition coefficient (Wildman–Crippen LogP) is 4.50. The van der Waals surface area contributed by atoms with Crippen LogP contribution in [0, 0.1) is 5.92 Å². The van der Waals surface area contributed by atoms with Gasteiger partial charge in [0.1, 0.15) is 0 Å². The first-order valence-corrected chi connectivity index (χ1v) is 8.25. The summed E-state index contributed by atoms with van der Waals surface area (Å²) in [7, 11) is 0. The second kappa shape index (κ2) is 6.15. The van der Waals surface area contributed by atoms with Crippen molar-refractivity contribution in [3.63, 3.8) is 0 Å². The number of pyridine rings is 1. The number of hydrogen-bond donors (Lipinski definition) is 1. The number of aliphatic hydroxyl groups is 1. The number of aromatic nitrogens is 1. The van der Waals surface area contributed by atoms with Crippen LogP contribution in [0.3, 0.4) is 0 Å². The van der Waals surface area contributed by atoms with E-state index in [0.29, 0.717) is 6.42 Å². The van der Waals surface area contributed by atoms with Crippen LogP contribution in [0.15, 0.2) is 36.4 Å². The fraction of sp³-hybridized carbons (Fsp3) is 0.526. The van der Waals surface area contributed by atoms with E-state index in [4.69, 9.17) is 4.98 Å². The van der Waals surface area contributed by atoms with E-state index in [0.717, 1.165) is 42.8 Å². The molecule has 1 aliphatic rings. The molecule has 3 rings (SSSR count). The number of benzene rings is 1. The Kier molecular flexibility index (Phi) is 4.25. The Labute approximate surface area is 127 Å². The van der Waals surface area contributed by atoms with E-state index < -0.39 is 5.60 Å². The highest BCUT2D eigenvalue weighted by atomic mass is 16.3. The summed E-state index contributed by atoms with van der Waals surface area (Å²) in [6, 6.07) is 12.4. The van der Waals surface area contributed by atoms with Gasteiger partial charge in [0.05, 0.1) is 11.1 Å². The average Bonchev–Trinajstić information content (AvgIpc) is 2.50. The molecule has 0 unspecified atom stereocenters. The first-order chi connectivity index (χ1) is 10.2. The van der Waals surface area contributed by atoms with E-state index in [-0.39, 0.29) is 0 Å². The number of hydrogen-bond acceptors (Lipinski definition) is 2. The molecule has 0 amide bonds. The lowest BCUT2D eigenvalue weighted by atomic mass is 9.75. The fourth-order valence-corrected chi connectivity index (χ4v) is 3.63. The van der Waals surface area contributed by atoms with Crippen molar-refractivity contribution in [1.82, 2.24) is 4.98 Å². The second-order valence-corrected chi connectivity index (χ2v) is 6.63. The minimum atomic E-state index is -0.542. The highest BCUT2D eigenvalue weighted by Crippen LogP contribution is 2.36. The van der Waals surface area contributed by atoms with Crippen LogP contribution in [-0.4, -0.2) is 15.7 Å². The molecule has 21 heavy (non-hydrogen) atoms. The molecule has 1 fully saturated rings. The van der Waals surface area contributed by atoms with Gasteiger partial charge in [0.2, 0.25) is 0 Å². The van der Waals surface area contributed by atoms with E-state index >= 15 is 0 Å². The third-order valence-corrected chi connectivity index (χ3v) is 4.90. The van der Waals surface area contributed by atoms with Gasteiger partial charge in [0, 0.05) is 17.5 Å². The summed E-state index contributed by atoms with van der Waals surface area (Å²) in [4.78, 5) is 4.71. The summed E-state index contributed by atoms with van der Waals surface area (Å²) >= 11 is 0. The normalized spacial score (nSPS) is 26.1. The number of rotatable bonds is 4. The lowest BCUT2D eigenvalue weighted by Gasteiger charge is -2.36. The van der Waals surface area contributed by atoms with Crippen LogP contribution in [0.2, 0.25) is 0 Å². The quantitative estimate of drug-likeness (QED) is 0.896. The molecule has 1 heterocycles. The topological polar surface area (TPSA) is 33.1 Å². The third kappa shape index (κ3) is 3.44. The Morgan fingerprint density at radius 3 is 2.67 bits per heavy atom. The van der Waals surface area contributed by atoms with Crippen LogP contribution in [0.25, 0.3) is 10.9 Å². The smallest absolute Gasteiger partial charge is 0.0705 e. The number of para-hydroxylation sites is 1. The molecule has 1 saturated carbocycles. The van der Waals surface area contributed by atoms with Gasteiger partial charge in [-0.3, -0.25) is 4.98 Å². The van der Waals surface area contributed by atoms with Gasteiger partial charge in [0.25, 0.3) is 0 Å².